The minimum absolute atomic E-state index is 0.0493. The van der Waals surface area contributed by atoms with Crippen molar-refractivity contribution < 1.29 is 9.84 Å². The summed E-state index contributed by atoms with van der Waals surface area (Å²) in [7, 11) is 1.70. The third-order valence-electron chi connectivity index (χ3n) is 3.34. The Hall–Kier alpha value is -1.68. The number of hydrogen-bond acceptors (Lipinski definition) is 3. The molecule has 2 N–H and O–H groups in total. The molecule has 3 heteroatoms. The first-order chi connectivity index (χ1) is 9.85. The van der Waals surface area contributed by atoms with Crippen LogP contribution in [0.4, 0.5) is 0 Å². The van der Waals surface area contributed by atoms with E-state index in [1.54, 1.807) is 7.11 Å². The Balaban J connectivity index is 2.04. The molecule has 0 saturated heterocycles. The summed E-state index contributed by atoms with van der Waals surface area (Å²) in [5.74, 6) is 0. The number of nitrogens with one attached hydrogen (secondary N) is 1. The fourth-order valence-electron chi connectivity index (χ4n) is 2.23. The highest BCUT2D eigenvalue weighted by Gasteiger charge is 2.10. The molecule has 20 heavy (non-hydrogen) atoms. The van der Waals surface area contributed by atoms with Gasteiger partial charge in [-0.1, -0.05) is 54.6 Å². The lowest BCUT2D eigenvalue weighted by Gasteiger charge is -2.18. The molecular weight excluding hydrogens is 250 g/mol. The van der Waals surface area contributed by atoms with Crippen LogP contribution >= 0.6 is 0 Å². The van der Waals surface area contributed by atoms with Gasteiger partial charge in [-0.2, -0.15) is 0 Å². The van der Waals surface area contributed by atoms with Gasteiger partial charge in [-0.05, 0) is 16.7 Å². The van der Waals surface area contributed by atoms with Crippen LogP contribution in [0.3, 0.4) is 0 Å². The van der Waals surface area contributed by atoms with E-state index < -0.39 is 0 Å². The zero-order valence-corrected chi connectivity index (χ0v) is 11.8. The lowest BCUT2D eigenvalue weighted by molar-refractivity contribution is 0.183. The lowest BCUT2D eigenvalue weighted by atomic mass is 10.1. The van der Waals surface area contributed by atoms with Crippen molar-refractivity contribution in [1.82, 2.24) is 5.32 Å². The molecule has 1 atom stereocenters. The predicted octanol–water partition coefficient (Wildman–Crippen LogP) is 2.66. The monoisotopic (exact) mass is 271 g/mol. The fraction of sp³-hybridized carbons (Fsp3) is 0.294. The molecule has 106 valence electrons. The van der Waals surface area contributed by atoms with Crippen molar-refractivity contribution >= 4 is 0 Å². The fourth-order valence-corrected chi connectivity index (χ4v) is 2.23. The zero-order chi connectivity index (χ0) is 14.2. The van der Waals surface area contributed by atoms with Crippen LogP contribution in [-0.2, 0) is 17.9 Å². The molecule has 0 radical (unpaired) electrons. The Morgan fingerprint density at radius 3 is 2.30 bits per heavy atom. The van der Waals surface area contributed by atoms with E-state index in [0.717, 1.165) is 5.56 Å². The van der Waals surface area contributed by atoms with Crippen molar-refractivity contribution in [2.24, 2.45) is 0 Å². The van der Waals surface area contributed by atoms with E-state index in [4.69, 9.17) is 4.74 Å². The first kappa shape index (κ1) is 14.7. The van der Waals surface area contributed by atoms with Crippen LogP contribution < -0.4 is 5.32 Å². The summed E-state index contributed by atoms with van der Waals surface area (Å²) in [6.45, 7) is 1.39. The van der Waals surface area contributed by atoms with E-state index in [9.17, 15) is 5.11 Å². The van der Waals surface area contributed by atoms with Crippen LogP contribution in [-0.4, -0.2) is 18.8 Å². The molecule has 0 spiro atoms. The van der Waals surface area contributed by atoms with Gasteiger partial charge in [0.25, 0.3) is 0 Å². The van der Waals surface area contributed by atoms with E-state index in [1.165, 1.54) is 11.1 Å². The Morgan fingerprint density at radius 2 is 1.65 bits per heavy atom. The maximum atomic E-state index is 9.54. The highest BCUT2D eigenvalue weighted by atomic mass is 16.5. The van der Waals surface area contributed by atoms with Crippen molar-refractivity contribution in [3.8, 4) is 0 Å². The minimum atomic E-state index is -0.0493. The Labute approximate surface area is 120 Å². The molecule has 0 saturated carbocycles. The van der Waals surface area contributed by atoms with Gasteiger partial charge in [-0.3, -0.25) is 0 Å². The third-order valence-corrected chi connectivity index (χ3v) is 3.34. The molecule has 2 rings (SSSR count). The summed E-state index contributed by atoms with van der Waals surface area (Å²) in [6, 6.07) is 18.1. The number of rotatable bonds is 7. The van der Waals surface area contributed by atoms with Crippen LogP contribution in [0, 0.1) is 0 Å². The molecule has 0 aliphatic heterocycles. The summed E-state index contributed by atoms with van der Waals surface area (Å²) >= 11 is 0. The van der Waals surface area contributed by atoms with E-state index >= 15 is 0 Å². The largest absolute Gasteiger partial charge is 0.394 e. The lowest BCUT2D eigenvalue weighted by Crippen LogP contribution is -2.24. The van der Waals surface area contributed by atoms with Crippen molar-refractivity contribution in [2.75, 3.05) is 13.7 Å². The molecule has 0 fully saturated rings. The van der Waals surface area contributed by atoms with Gasteiger partial charge in [-0.25, -0.2) is 0 Å². The SMILES string of the molecule is COCc1ccccc1CN[C@H](CO)c1ccccc1. The van der Waals surface area contributed by atoms with E-state index in [2.05, 4.69) is 17.4 Å². The maximum Gasteiger partial charge on any atom is 0.0716 e. The molecule has 0 heterocycles. The third kappa shape index (κ3) is 3.90. The van der Waals surface area contributed by atoms with E-state index in [0.29, 0.717) is 13.2 Å². The zero-order valence-electron chi connectivity index (χ0n) is 11.8. The Bertz CT molecular complexity index is 513. The Kier molecular flexibility index (Phi) is 5.74. The van der Waals surface area contributed by atoms with Crippen LogP contribution in [0.1, 0.15) is 22.7 Å². The molecular formula is C17H21NO2. The van der Waals surface area contributed by atoms with Gasteiger partial charge in [0, 0.05) is 13.7 Å². The summed E-state index contributed by atoms with van der Waals surface area (Å²) < 4.78 is 5.21. The number of ether oxygens (including phenoxy) is 1. The van der Waals surface area contributed by atoms with E-state index in [-0.39, 0.29) is 12.6 Å². The van der Waals surface area contributed by atoms with Gasteiger partial charge >= 0.3 is 0 Å². The molecule has 2 aromatic rings. The molecule has 0 unspecified atom stereocenters. The second-order valence-electron chi connectivity index (χ2n) is 4.73. The van der Waals surface area contributed by atoms with Crippen molar-refractivity contribution in [1.29, 1.82) is 0 Å². The predicted molar refractivity (Wildman–Crippen MR) is 80.3 cm³/mol. The number of benzene rings is 2. The molecule has 0 aliphatic carbocycles. The molecule has 0 amide bonds. The smallest absolute Gasteiger partial charge is 0.0716 e. The number of methoxy groups -OCH3 is 1. The molecule has 0 aliphatic rings. The van der Waals surface area contributed by atoms with Crippen LogP contribution in [0.15, 0.2) is 54.6 Å². The summed E-state index contributed by atoms with van der Waals surface area (Å²) in [5.41, 5.74) is 3.47. The molecule has 0 bridgehead atoms. The highest BCUT2D eigenvalue weighted by molar-refractivity contribution is 5.27. The Morgan fingerprint density at radius 1 is 1.00 bits per heavy atom. The number of aliphatic hydroxyl groups is 1. The van der Waals surface area contributed by atoms with Crippen molar-refractivity contribution in [2.45, 2.75) is 19.2 Å². The quantitative estimate of drug-likeness (QED) is 0.813. The topological polar surface area (TPSA) is 41.5 Å². The van der Waals surface area contributed by atoms with Crippen LogP contribution in [0.25, 0.3) is 0 Å². The molecule has 0 aromatic heterocycles. The minimum Gasteiger partial charge on any atom is -0.394 e. The molecule has 2 aromatic carbocycles. The normalized spacial score (nSPS) is 12.3. The van der Waals surface area contributed by atoms with Gasteiger partial charge in [0.1, 0.15) is 0 Å². The van der Waals surface area contributed by atoms with Crippen molar-refractivity contribution in [3.05, 3.63) is 71.3 Å². The van der Waals surface area contributed by atoms with Crippen molar-refractivity contribution in [3.63, 3.8) is 0 Å². The van der Waals surface area contributed by atoms with Gasteiger partial charge in [0.2, 0.25) is 0 Å². The van der Waals surface area contributed by atoms with Gasteiger partial charge in [-0.15, -0.1) is 0 Å². The first-order valence-electron chi connectivity index (χ1n) is 6.80. The number of hydrogen-bond donors (Lipinski definition) is 2. The standard InChI is InChI=1S/C17H21NO2/c1-20-13-16-10-6-5-9-15(16)11-18-17(12-19)14-7-3-2-4-8-14/h2-10,17-19H,11-13H2,1H3/t17-/m1/s1. The van der Waals surface area contributed by atoms with Gasteiger partial charge < -0.3 is 15.2 Å². The second kappa shape index (κ2) is 7.80. The van der Waals surface area contributed by atoms with Crippen LogP contribution in [0.2, 0.25) is 0 Å². The molecule has 3 nitrogen and oxygen atoms in total. The first-order valence-corrected chi connectivity index (χ1v) is 6.80. The van der Waals surface area contributed by atoms with E-state index in [1.807, 2.05) is 42.5 Å². The van der Waals surface area contributed by atoms with Gasteiger partial charge in [0.15, 0.2) is 0 Å². The summed E-state index contributed by atoms with van der Waals surface area (Å²) in [5, 5.41) is 12.9. The highest BCUT2D eigenvalue weighted by Crippen LogP contribution is 2.15. The summed E-state index contributed by atoms with van der Waals surface area (Å²) in [4.78, 5) is 0. The second-order valence-corrected chi connectivity index (χ2v) is 4.73. The average Bonchev–Trinajstić information content (AvgIpc) is 2.51. The van der Waals surface area contributed by atoms with Crippen LogP contribution in [0.5, 0.6) is 0 Å². The number of aliphatic hydroxyl groups excluding tert-OH is 1. The van der Waals surface area contributed by atoms with Gasteiger partial charge in [0.05, 0.1) is 19.3 Å². The average molecular weight is 271 g/mol. The summed E-state index contributed by atoms with van der Waals surface area (Å²) in [6.07, 6.45) is 0. The maximum absolute atomic E-state index is 9.54.